The van der Waals surface area contributed by atoms with Crippen LogP contribution in [0.3, 0.4) is 0 Å². The average molecular weight is 252 g/mol. The van der Waals surface area contributed by atoms with Gasteiger partial charge in [0.2, 0.25) is 0 Å². The fourth-order valence-electron chi connectivity index (χ4n) is 2.74. The Morgan fingerprint density at radius 2 is 1.94 bits per heavy atom. The van der Waals surface area contributed by atoms with Gasteiger partial charge in [-0.15, -0.1) is 0 Å². The van der Waals surface area contributed by atoms with Crippen molar-refractivity contribution < 1.29 is 0 Å². The van der Waals surface area contributed by atoms with Crippen LogP contribution in [0.4, 0.5) is 0 Å². The zero-order valence-corrected chi connectivity index (χ0v) is 13.1. The van der Waals surface area contributed by atoms with Gasteiger partial charge < -0.3 is 4.90 Å². The first-order valence-corrected chi connectivity index (χ1v) is 7.67. The maximum Gasteiger partial charge on any atom is 0.0281 e. The van der Waals surface area contributed by atoms with Gasteiger partial charge in [0.25, 0.3) is 0 Å². The highest BCUT2D eigenvalue weighted by molar-refractivity contribution is 5.16. The Kier molecular flexibility index (Phi) is 6.95. The molecule has 0 saturated heterocycles. The van der Waals surface area contributed by atoms with Crippen molar-refractivity contribution in [2.45, 2.75) is 52.5 Å². The Morgan fingerprint density at radius 3 is 2.56 bits per heavy atom. The van der Waals surface area contributed by atoms with Crippen LogP contribution in [-0.4, -0.2) is 49.6 Å². The molecule has 2 nitrogen and oxygen atoms in total. The van der Waals surface area contributed by atoms with Gasteiger partial charge in [0, 0.05) is 19.1 Å². The molecule has 0 amide bonds. The van der Waals surface area contributed by atoms with E-state index in [1.54, 1.807) is 5.57 Å². The fraction of sp³-hybridized carbons (Fsp3) is 0.875. The first-order valence-electron chi connectivity index (χ1n) is 7.67. The molecule has 2 atom stereocenters. The molecule has 0 aromatic heterocycles. The highest BCUT2D eigenvalue weighted by Crippen LogP contribution is 2.29. The van der Waals surface area contributed by atoms with E-state index in [9.17, 15) is 0 Å². The second-order valence-corrected chi connectivity index (χ2v) is 5.94. The van der Waals surface area contributed by atoms with Crippen molar-refractivity contribution in [1.29, 1.82) is 0 Å². The quantitative estimate of drug-likeness (QED) is 0.611. The molecule has 0 aromatic rings. The summed E-state index contributed by atoms with van der Waals surface area (Å²) in [5.74, 6) is 0.783. The van der Waals surface area contributed by atoms with Crippen LogP contribution in [0, 0.1) is 5.92 Å². The molecule has 18 heavy (non-hydrogen) atoms. The predicted octanol–water partition coefficient (Wildman–Crippen LogP) is 3.39. The van der Waals surface area contributed by atoms with Gasteiger partial charge in [0.05, 0.1) is 0 Å². The monoisotopic (exact) mass is 252 g/mol. The average Bonchev–Trinajstić information content (AvgIpc) is 2.85. The minimum Gasteiger partial charge on any atom is -0.305 e. The van der Waals surface area contributed by atoms with Crippen molar-refractivity contribution in [3.8, 4) is 0 Å². The van der Waals surface area contributed by atoms with Crippen molar-refractivity contribution in [2.24, 2.45) is 5.92 Å². The first kappa shape index (κ1) is 15.7. The molecular formula is C16H32N2. The molecule has 0 spiro atoms. The summed E-state index contributed by atoms with van der Waals surface area (Å²) in [4.78, 5) is 4.96. The molecular weight excluding hydrogens is 220 g/mol. The summed E-state index contributed by atoms with van der Waals surface area (Å²) in [6.07, 6.45) is 7.71. The SMILES string of the molecule is CCCN(C)CCN(C)C1C=C(C(C)CC)CC1. The molecule has 0 aromatic carbocycles. The maximum atomic E-state index is 2.54. The second-order valence-electron chi connectivity index (χ2n) is 5.94. The number of nitrogens with zero attached hydrogens (tertiary/aromatic N) is 2. The Balaban J connectivity index is 2.35. The van der Waals surface area contributed by atoms with Gasteiger partial charge in [-0.1, -0.05) is 32.4 Å². The third-order valence-electron chi connectivity index (χ3n) is 4.39. The Bertz CT molecular complexity index is 260. The lowest BCUT2D eigenvalue weighted by molar-refractivity contribution is 0.228. The summed E-state index contributed by atoms with van der Waals surface area (Å²) in [6, 6.07) is 0.684. The third kappa shape index (κ3) is 4.74. The van der Waals surface area contributed by atoms with E-state index in [4.69, 9.17) is 0 Å². The van der Waals surface area contributed by atoms with E-state index < -0.39 is 0 Å². The number of hydrogen-bond donors (Lipinski definition) is 0. The molecule has 0 radical (unpaired) electrons. The Labute approximate surface area is 114 Å². The van der Waals surface area contributed by atoms with Crippen LogP contribution in [-0.2, 0) is 0 Å². The largest absolute Gasteiger partial charge is 0.305 e. The van der Waals surface area contributed by atoms with Crippen molar-refractivity contribution in [2.75, 3.05) is 33.7 Å². The van der Waals surface area contributed by atoms with Crippen LogP contribution in [0.1, 0.15) is 46.5 Å². The summed E-state index contributed by atoms with van der Waals surface area (Å²) >= 11 is 0. The summed E-state index contributed by atoms with van der Waals surface area (Å²) in [5, 5.41) is 0. The molecule has 2 unspecified atom stereocenters. The number of allylic oxidation sites excluding steroid dienone is 1. The molecule has 1 rings (SSSR count). The summed E-state index contributed by atoms with van der Waals surface area (Å²) < 4.78 is 0. The summed E-state index contributed by atoms with van der Waals surface area (Å²) in [6.45, 7) is 10.5. The van der Waals surface area contributed by atoms with Gasteiger partial charge >= 0.3 is 0 Å². The molecule has 1 aliphatic rings. The smallest absolute Gasteiger partial charge is 0.0281 e. The lowest BCUT2D eigenvalue weighted by Crippen LogP contribution is -2.36. The van der Waals surface area contributed by atoms with Gasteiger partial charge in [-0.2, -0.15) is 0 Å². The van der Waals surface area contributed by atoms with Crippen LogP contribution >= 0.6 is 0 Å². The van der Waals surface area contributed by atoms with Gasteiger partial charge in [-0.05, 0) is 52.2 Å². The van der Waals surface area contributed by atoms with Crippen molar-refractivity contribution >= 4 is 0 Å². The third-order valence-corrected chi connectivity index (χ3v) is 4.39. The van der Waals surface area contributed by atoms with Gasteiger partial charge in [-0.3, -0.25) is 4.90 Å². The molecule has 0 bridgehead atoms. The maximum absolute atomic E-state index is 2.54. The molecule has 1 aliphatic carbocycles. The number of likely N-dealkylation sites (N-methyl/N-ethyl adjacent to an activating group) is 2. The Morgan fingerprint density at radius 1 is 1.22 bits per heavy atom. The van der Waals surface area contributed by atoms with E-state index in [-0.39, 0.29) is 0 Å². The van der Waals surface area contributed by atoms with E-state index >= 15 is 0 Å². The van der Waals surface area contributed by atoms with Gasteiger partial charge in [-0.25, -0.2) is 0 Å². The van der Waals surface area contributed by atoms with Crippen LogP contribution in [0.2, 0.25) is 0 Å². The molecule has 0 heterocycles. The lowest BCUT2D eigenvalue weighted by atomic mass is 9.98. The highest BCUT2D eigenvalue weighted by Gasteiger charge is 2.21. The van der Waals surface area contributed by atoms with Crippen LogP contribution in [0.15, 0.2) is 11.6 Å². The normalized spacial score (nSPS) is 21.7. The molecule has 0 fully saturated rings. The van der Waals surface area contributed by atoms with Crippen LogP contribution in [0.5, 0.6) is 0 Å². The standard InChI is InChI=1S/C16H32N2/c1-6-10-17(4)11-12-18(5)16-9-8-15(13-16)14(3)7-2/h13-14,16H,6-12H2,1-5H3. The number of hydrogen-bond acceptors (Lipinski definition) is 2. The molecule has 2 heteroatoms. The van der Waals surface area contributed by atoms with E-state index in [0.717, 1.165) is 5.92 Å². The molecule has 0 aliphatic heterocycles. The topological polar surface area (TPSA) is 6.48 Å². The molecule has 0 N–H and O–H groups in total. The molecule has 106 valence electrons. The van der Waals surface area contributed by atoms with E-state index in [0.29, 0.717) is 6.04 Å². The minimum absolute atomic E-state index is 0.684. The summed E-state index contributed by atoms with van der Waals surface area (Å²) in [5.41, 5.74) is 1.69. The van der Waals surface area contributed by atoms with E-state index in [1.807, 2.05) is 0 Å². The van der Waals surface area contributed by atoms with Gasteiger partial charge in [0.15, 0.2) is 0 Å². The van der Waals surface area contributed by atoms with E-state index in [1.165, 1.54) is 45.3 Å². The predicted molar refractivity (Wildman–Crippen MR) is 81.0 cm³/mol. The molecule has 0 saturated carbocycles. The van der Waals surface area contributed by atoms with Crippen LogP contribution < -0.4 is 0 Å². The van der Waals surface area contributed by atoms with Crippen LogP contribution in [0.25, 0.3) is 0 Å². The zero-order valence-electron chi connectivity index (χ0n) is 13.1. The first-order chi connectivity index (χ1) is 8.58. The van der Waals surface area contributed by atoms with Crippen molar-refractivity contribution in [1.82, 2.24) is 9.80 Å². The number of rotatable bonds is 8. The van der Waals surface area contributed by atoms with Gasteiger partial charge in [0.1, 0.15) is 0 Å². The highest BCUT2D eigenvalue weighted by atomic mass is 15.2. The Hall–Kier alpha value is -0.340. The minimum atomic E-state index is 0.684. The van der Waals surface area contributed by atoms with Crippen molar-refractivity contribution in [3.63, 3.8) is 0 Å². The fourth-order valence-corrected chi connectivity index (χ4v) is 2.74. The zero-order chi connectivity index (χ0) is 13.5. The van der Waals surface area contributed by atoms with Crippen molar-refractivity contribution in [3.05, 3.63) is 11.6 Å². The van der Waals surface area contributed by atoms with E-state index in [2.05, 4.69) is 50.7 Å². The summed E-state index contributed by atoms with van der Waals surface area (Å²) in [7, 11) is 4.51. The lowest BCUT2D eigenvalue weighted by Gasteiger charge is -2.25. The second kappa shape index (κ2) is 7.96.